The van der Waals surface area contributed by atoms with Gasteiger partial charge in [-0.15, -0.1) is 11.3 Å². The summed E-state index contributed by atoms with van der Waals surface area (Å²) in [5.41, 5.74) is 9.44. The fraction of sp³-hybridized carbons (Fsp3) is 0.600. The van der Waals surface area contributed by atoms with E-state index in [1.807, 2.05) is 57.5 Å². The van der Waals surface area contributed by atoms with E-state index in [1.54, 1.807) is 11.3 Å². The van der Waals surface area contributed by atoms with Crippen LogP contribution in [0.15, 0.2) is 29.8 Å². The highest BCUT2D eigenvalue weighted by atomic mass is 32.1. The van der Waals surface area contributed by atoms with E-state index in [9.17, 15) is 19.5 Å². The van der Waals surface area contributed by atoms with Crippen LogP contribution in [-0.2, 0) is 35.1 Å². The molecule has 1 aliphatic heterocycles. The zero-order valence-electron chi connectivity index (χ0n) is 25.5. The first-order chi connectivity index (χ1) is 20.5. The van der Waals surface area contributed by atoms with Gasteiger partial charge in [0.1, 0.15) is 18.7 Å². The Hall–Kier alpha value is -2.94. The lowest BCUT2D eigenvalue weighted by molar-refractivity contribution is -0.144. The Morgan fingerprint density at radius 3 is 2.35 bits per heavy atom. The van der Waals surface area contributed by atoms with Crippen molar-refractivity contribution in [2.24, 2.45) is 11.1 Å². The van der Waals surface area contributed by atoms with E-state index >= 15 is 0 Å². The number of β-amino-alcohol motifs (C(OH)–C–C–N with tert-alkyl or cyclic N) is 1. The largest absolute Gasteiger partial charge is 0.391 e. The van der Waals surface area contributed by atoms with Crippen molar-refractivity contribution in [1.82, 2.24) is 20.5 Å². The first kappa shape index (κ1) is 34.5. The number of carbonyl (C=O) groups is 3. The van der Waals surface area contributed by atoms with Gasteiger partial charge in [-0.2, -0.15) is 0 Å². The van der Waals surface area contributed by atoms with E-state index in [2.05, 4.69) is 15.6 Å². The fourth-order valence-corrected chi connectivity index (χ4v) is 5.48. The van der Waals surface area contributed by atoms with Gasteiger partial charge in [0.15, 0.2) is 0 Å². The van der Waals surface area contributed by atoms with Crippen LogP contribution in [-0.4, -0.2) is 104 Å². The standard InChI is InChI=1S/C30H45N5O7S/c1-20-26(43-19-33-20)22-7-5-21(6-8-22)16-32-28(38)24-15-23(36)17-35(24)29(39)27(30(2,3)4)34-25(37)18-42-14-13-41-12-11-40-10-9-31/h5-8,19,23-24,27,36H,9-18,31H2,1-4H3,(H,32,38)(H,34,37)/t23-,24-,27-/m1/s1. The highest BCUT2D eigenvalue weighted by Gasteiger charge is 2.44. The van der Waals surface area contributed by atoms with Crippen LogP contribution >= 0.6 is 11.3 Å². The molecule has 0 aliphatic carbocycles. The summed E-state index contributed by atoms with van der Waals surface area (Å²) in [5.74, 6) is -1.25. The quantitative estimate of drug-likeness (QED) is 0.202. The summed E-state index contributed by atoms with van der Waals surface area (Å²) >= 11 is 1.58. The Morgan fingerprint density at radius 1 is 1.09 bits per heavy atom. The van der Waals surface area contributed by atoms with Crippen molar-refractivity contribution in [3.8, 4) is 10.4 Å². The number of aromatic nitrogens is 1. The molecule has 12 nitrogen and oxygen atoms in total. The van der Waals surface area contributed by atoms with Crippen LogP contribution in [0.5, 0.6) is 0 Å². The highest BCUT2D eigenvalue weighted by Crippen LogP contribution is 2.28. The Morgan fingerprint density at radius 2 is 1.74 bits per heavy atom. The second kappa shape index (κ2) is 16.8. The van der Waals surface area contributed by atoms with Crippen molar-refractivity contribution in [2.75, 3.05) is 52.7 Å². The fourth-order valence-electron chi connectivity index (χ4n) is 4.67. The number of likely N-dealkylation sites (tertiary alicyclic amines) is 1. The number of nitrogens with two attached hydrogens (primary N) is 1. The molecule has 43 heavy (non-hydrogen) atoms. The van der Waals surface area contributed by atoms with Crippen molar-refractivity contribution in [2.45, 2.75) is 58.8 Å². The number of benzene rings is 1. The predicted molar refractivity (Wildman–Crippen MR) is 163 cm³/mol. The van der Waals surface area contributed by atoms with E-state index in [4.69, 9.17) is 19.9 Å². The number of amides is 3. The van der Waals surface area contributed by atoms with Gasteiger partial charge in [0, 0.05) is 26.1 Å². The monoisotopic (exact) mass is 619 g/mol. The molecule has 1 saturated heterocycles. The minimum atomic E-state index is -0.928. The van der Waals surface area contributed by atoms with E-state index < -0.39 is 35.4 Å². The number of hydrogen-bond acceptors (Lipinski definition) is 10. The summed E-state index contributed by atoms with van der Waals surface area (Å²) < 4.78 is 16.0. The number of aliphatic hydroxyl groups excluding tert-OH is 1. The molecule has 0 unspecified atom stereocenters. The molecule has 0 radical (unpaired) electrons. The minimum absolute atomic E-state index is 0.00506. The van der Waals surface area contributed by atoms with Gasteiger partial charge in [-0.3, -0.25) is 14.4 Å². The number of rotatable bonds is 16. The molecular weight excluding hydrogens is 574 g/mol. The lowest BCUT2D eigenvalue weighted by Crippen LogP contribution is -2.58. The van der Waals surface area contributed by atoms with E-state index in [0.717, 1.165) is 21.7 Å². The number of carbonyl (C=O) groups excluding carboxylic acids is 3. The Bertz CT molecular complexity index is 1180. The van der Waals surface area contributed by atoms with Gasteiger partial charge in [0.05, 0.1) is 55.2 Å². The van der Waals surface area contributed by atoms with Crippen molar-refractivity contribution in [3.63, 3.8) is 0 Å². The molecule has 0 spiro atoms. The third-order valence-corrected chi connectivity index (χ3v) is 7.93. The molecule has 3 atom stereocenters. The summed E-state index contributed by atoms with van der Waals surface area (Å²) in [6.07, 6.45) is -0.728. The van der Waals surface area contributed by atoms with Crippen molar-refractivity contribution in [3.05, 3.63) is 41.0 Å². The zero-order valence-corrected chi connectivity index (χ0v) is 26.3. The van der Waals surface area contributed by atoms with Crippen LogP contribution in [0, 0.1) is 12.3 Å². The van der Waals surface area contributed by atoms with Crippen LogP contribution < -0.4 is 16.4 Å². The summed E-state index contributed by atoms with van der Waals surface area (Å²) in [6, 6.07) is 6.08. The molecule has 1 fully saturated rings. The molecule has 0 saturated carbocycles. The van der Waals surface area contributed by atoms with Gasteiger partial charge < -0.3 is 40.6 Å². The average molecular weight is 620 g/mol. The first-order valence-electron chi connectivity index (χ1n) is 14.5. The first-order valence-corrected chi connectivity index (χ1v) is 15.4. The predicted octanol–water partition coefficient (Wildman–Crippen LogP) is 1.24. The number of nitrogens with one attached hydrogen (secondary N) is 2. The van der Waals surface area contributed by atoms with Crippen LogP contribution in [0.2, 0.25) is 0 Å². The van der Waals surface area contributed by atoms with Crippen LogP contribution in [0.25, 0.3) is 10.4 Å². The van der Waals surface area contributed by atoms with E-state index in [1.165, 1.54) is 4.90 Å². The molecule has 2 heterocycles. The minimum Gasteiger partial charge on any atom is -0.391 e. The van der Waals surface area contributed by atoms with Gasteiger partial charge in [0.25, 0.3) is 0 Å². The van der Waals surface area contributed by atoms with Gasteiger partial charge >= 0.3 is 0 Å². The SMILES string of the molecule is Cc1ncsc1-c1ccc(CNC(=O)[C@H]2C[C@@H](O)CN2C(=O)[C@@H](NC(=O)COCCOCCOCCN)C(C)(C)C)cc1. The maximum absolute atomic E-state index is 13.7. The number of ether oxygens (including phenoxy) is 3. The number of aryl methyl sites for hydroxylation is 1. The molecule has 2 aromatic rings. The van der Waals surface area contributed by atoms with Crippen molar-refractivity contribution in [1.29, 1.82) is 0 Å². The van der Waals surface area contributed by atoms with Crippen molar-refractivity contribution < 1.29 is 33.7 Å². The van der Waals surface area contributed by atoms with Gasteiger partial charge in [0.2, 0.25) is 17.7 Å². The third kappa shape index (κ3) is 10.6. The Labute approximate surface area is 257 Å². The molecule has 0 bridgehead atoms. The molecule has 1 aliphatic rings. The summed E-state index contributed by atoms with van der Waals surface area (Å²) in [5, 5.41) is 16.1. The molecule has 13 heteroatoms. The number of aliphatic hydroxyl groups is 1. The summed E-state index contributed by atoms with van der Waals surface area (Å²) in [7, 11) is 0. The summed E-state index contributed by atoms with van der Waals surface area (Å²) in [4.78, 5) is 46.4. The number of nitrogens with zero attached hydrogens (tertiary/aromatic N) is 2. The number of hydrogen-bond donors (Lipinski definition) is 4. The maximum atomic E-state index is 13.7. The average Bonchev–Trinajstić information content (AvgIpc) is 3.58. The number of thiazole rings is 1. The van der Waals surface area contributed by atoms with Gasteiger partial charge in [-0.05, 0) is 23.5 Å². The van der Waals surface area contributed by atoms with E-state index in [-0.39, 0.29) is 38.6 Å². The lowest BCUT2D eigenvalue weighted by Gasteiger charge is -2.35. The second-order valence-electron chi connectivity index (χ2n) is 11.5. The summed E-state index contributed by atoms with van der Waals surface area (Å²) in [6.45, 7) is 9.72. The maximum Gasteiger partial charge on any atom is 0.246 e. The highest BCUT2D eigenvalue weighted by molar-refractivity contribution is 7.13. The van der Waals surface area contributed by atoms with Gasteiger partial charge in [-0.25, -0.2) is 4.98 Å². The lowest BCUT2D eigenvalue weighted by atomic mass is 9.85. The van der Waals surface area contributed by atoms with Gasteiger partial charge in [-0.1, -0.05) is 45.0 Å². The van der Waals surface area contributed by atoms with Crippen LogP contribution in [0.1, 0.15) is 38.4 Å². The van der Waals surface area contributed by atoms with Crippen molar-refractivity contribution >= 4 is 29.1 Å². The third-order valence-electron chi connectivity index (χ3n) is 6.95. The zero-order chi connectivity index (χ0) is 31.4. The van der Waals surface area contributed by atoms with E-state index in [0.29, 0.717) is 33.0 Å². The molecular formula is C30H45N5O7S. The molecule has 238 valence electrons. The normalized spacial score (nSPS) is 17.6. The smallest absolute Gasteiger partial charge is 0.246 e. The Kier molecular flexibility index (Phi) is 13.5. The molecule has 1 aromatic carbocycles. The van der Waals surface area contributed by atoms with Crippen LogP contribution in [0.3, 0.4) is 0 Å². The Balaban J connectivity index is 1.52. The molecule has 5 N–H and O–H groups in total. The molecule has 1 aromatic heterocycles. The topological polar surface area (TPSA) is 165 Å². The van der Waals surface area contributed by atoms with Crippen LogP contribution in [0.4, 0.5) is 0 Å². The molecule has 3 amide bonds. The molecule has 3 rings (SSSR count). The second-order valence-corrected chi connectivity index (χ2v) is 12.4.